The van der Waals surface area contributed by atoms with E-state index in [-0.39, 0.29) is 5.54 Å². The largest absolute Gasteiger partial charge is 0.508 e. The van der Waals surface area contributed by atoms with Crippen LogP contribution < -0.4 is 10.6 Å². The summed E-state index contributed by atoms with van der Waals surface area (Å²) in [6, 6.07) is 5.92. The topological polar surface area (TPSA) is 44.3 Å². The van der Waals surface area contributed by atoms with E-state index in [4.69, 9.17) is 0 Å². The van der Waals surface area contributed by atoms with Crippen LogP contribution in [0.2, 0.25) is 0 Å². The summed E-state index contributed by atoms with van der Waals surface area (Å²) >= 11 is 0. The van der Waals surface area contributed by atoms with Gasteiger partial charge in [0.25, 0.3) is 0 Å². The molecule has 3 N–H and O–H groups in total. The Hall–Kier alpha value is -1.22. The molecule has 1 heterocycles. The van der Waals surface area contributed by atoms with Gasteiger partial charge < -0.3 is 15.7 Å². The van der Waals surface area contributed by atoms with Crippen LogP contribution in [0.3, 0.4) is 0 Å². The first-order chi connectivity index (χ1) is 7.46. The third kappa shape index (κ3) is 2.47. The van der Waals surface area contributed by atoms with Crippen molar-refractivity contribution in [1.29, 1.82) is 0 Å². The summed E-state index contributed by atoms with van der Waals surface area (Å²) in [4.78, 5) is 0. The van der Waals surface area contributed by atoms with Crippen LogP contribution in [-0.2, 0) is 0 Å². The normalized spacial score (nSPS) is 20.1. The number of benzene rings is 1. The third-order valence-electron chi connectivity index (χ3n) is 2.77. The lowest BCUT2D eigenvalue weighted by molar-refractivity contribution is 0.351. The number of phenols is 1. The predicted octanol–water partition coefficient (Wildman–Crippen LogP) is 2.64. The molecule has 1 aromatic carbocycles. The van der Waals surface area contributed by atoms with Gasteiger partial charge in [-0.05, 0) is 38.8 Å². The Kier molecular flexibility index (Phi) is 2.80. The lowest BCUT2D eigenvalue weighted by Gasteiger charge is -2.33. The number of nitrogens with one attached hydrogen (secondary N) is 2. The molecule has 3 nitrogen and oxygen atoms in total. The highest BCUT2D eigenvalue weighted by Crippen LogP contribution is 2.33. The first-order valence-corrected chi connectivity index (χ1v) is 5.80. The van der Waals surface area contributed by atoms with E-state index in [0.717, 1.165) is 18.7 Å². The quantitative estimate of drug-likeness (QED) is 0.681. The molecule has 1 unspecified atom stereocenters. The Morgan fingerprint density at radius 3 is 2.81 bits per heavy atom. The predicted molar refractivity (Wildman–Crippen MR) is 66.8 cm³/mol. The van der Waals surface area contributed by atoms with E-state index >= 15 is 0 Å². The molecule has 0 radical (unpaired) electrons. The average molecular weight is 220 g/mol. The van der Waals surface area contributed by atoms with Gasteiger partial charge in [-0.15, -0.1) is 0 Å². The number of fused-ring (bicyclic) bond motifs is 1. The van der Waals surface area contributed by atoms with Crippen LogP contribution >= 0.6 is 0 Å². The van der Waals surface area contributed by atoms with Crippen LogP contribution in [0, 0.1) is 0 Å². The molecule has 3 heteroatoms. The van der Waals surface area contributed by atoms with E-state index in [2.05, 4.69) is 31.4 Å². The molecule has 1 aliphatic heterocycles. The van der Waals surface area contributed by atoms with Crippen LogP contribution in [0.4, 0.5) is 5.69 Å². The molecule has 0 saturated heterocycles. The zero-order valence-corrected chi connectivity index (χ0v) is 10.2. The maximum Gasteiger partial charge on any atom is 0.117 e. The number of phenolic OH excluding ortho intramolecular Hbond substituents is 1. The minimum atomic E-state index is 0.108. The van der Waals surface area contributed by atoms with E-state index in [9.17, 15) is 5.11 Å². The van der Waals surface area contributed by atoms with Crippen LogP contribution in [0.5, 0.6) is 5.75 Å². The Balaban J connectivity index is 2.26. The molecule has 2 rings (SSSR count). The van der Waals surface area contributed by atoms with E-state index in [1.165, 1.54) is 5.56 Å². The zero-order chi connectivity index (χ0) is 11.8. The third-order valence-corrected chi connectivity index (χ3v) is 2.77. The second-order valence-corrected chi connectivity index (χ2v) is 5.43. The van der Waals surface area contributed by atoms with Gasteiger partial charge in [0.15, 0.2) is 0 Å². The van der Waals surface area contributed by atoms with Gasteiger partial charge in [0, 0.05) is 29.9 Å². The first kappa shape index (κ1) is 11.3. The van der Waals surface area contributed by atoms with Crippen molar-refractivity contribution in [2.75, 3.05) is 11.9 Å². The summed E-state index contributed by atoms with van der Waals surface area (Å²) in [5, 5.41) is 16.4. The van der Waals surface area contributed by atoms with E-state index < -0.39 is 0 Å². The van der Waals surface area contributed by atoms with Crippen molar-refractivity contribution >= 4 is 5.69 Å². The molecule has 0 saturated carbocycles. The SMILES string of the molecule is CC(C)(C)NC1CCNc2cc(O)ccc21. The molecule has 1 aliphatic rings. The average Bonchev–Trinajstić information content (AvgIpc) is 2.15. The van der Waals surface area contributed by atoms with Crippen molar-refractivity contribution in [3.63, 3.8) is 0 Å². The van der Waals surface area contributed by atoms with Crippen molar-refractivity contribution < 1.29 is 5.11 Å². The summed E-state index contributed by atoms with van der Waals surface area (Å²) in [5.41, 5.74) is 2.41. The number of anilines is 1. The molecule has 16 heavy (non-hydrogen) atoms. The summed E-state index contributed by atoms with van der Waals surface area (Å²) in [6.07, 6.45) is 1.08. The summed E-state index contributed by atoms with van der Waals surface area (Å²) in [7, 11) is 0. The number of rotatable bonds is 1. The monoisotopic (exact) mass is 220 g/mol. The van der Waals surface area contributed by atoms with Crippen LogP contribution in [-0.4, -0.2) is 17.2 Å². The van der Waals surface area contributed by atoms with Crippen molar-refractivity contribution in [2.45, 2.75) is 38.8 Å². The first-order valence-electron chi connectivity index (χ1n) is 5.80. The second kappa shape index (κ2) is 3.98. The molecule has 88 valence electrons. The highest BCUT2D eigenvalue weighted by atomic mass is 16.3. The summed E-state index contributed by atoms with van der Waals surface area (Å²) < 4.78 is 0. The standard InChI is InChI=1S/C13H20N2O/c1-13(2,3)15-11-6-7-14-12-8-9(16)4-5-10(11)12/h4-5,8,11,14-16H,6-7H2,1-3H3. The van der Waals surface area contributed by atoms with Crippen molar-refractivity contribution in [3.05, 3.63) is 23.8 Å². The molecule has 0 bridgehead atoms. The van der Waals surface area contributed by atoms with Crippen molar-refractivity contribution in [3.8, 4) is 5.75 Å². The maximum atomic E-state index is 9.45. The Morgan fingerprint density at radius 1 is 1.38 bits per heavy atom. The van der Waals surface area contributed by atoms with Gasteiger partial charge in [-0.3, -0.25) is 0 Å². The van der Waals surface area contributed by atoms with Gasteiger partial charge in [-0.2, -0.15) is 0 Å². The second-order valence-electron chi connectivity index (χ2n) is 5.43. The molecule has 1 atom stereocenters. The Labute approximate surface area is 96.9 Å². The molecule has 0 aliphatic carbocycles. The molecular weight excluding hydrogens is 200 g/mol. The van der Waals surface area contributed by atoms with Gasteiger partial charge in [0.2, 0.25) is 0 Å². The van der Waals surface area contributed by atoms with Gasteiger partial charge in [-0.1, -0.05) is 6.07 Å². The number of hydrogen-bond donors (Lipinski definition) is 3. The van der Waals surface area contributed by atoms with Crippen molar-refractivity contribution in [1.82, 2.24) is 5.32 Å². The highest BCUT2D eigenvalue weighted by molar-refractivity contribution is 5.57. The minimum Gasteiger partial charge on any atom is -0.508 e. The van der Waals surface area contributed by atoms with Crippen LogP contribution in [0.15, 0.2) is 18.2 Å². The fraction of sp³-hybridized carbons (Fsp3) is 0.538. The van der Waals surface area contributed by atoms with E-state index in [1.54, 1.807) is 12.1 Å². The Bertz CT molecular complexity index is 382. The molecule has 0 fully saturated rings. The minimum absolute atomic E-state index is 0.108. The molecular formula is C13H20N2O. The van der Waals surface area contributed by atoms with Crippen LogP contribution in [0.1, 0.15) is 38.8 Å². The van der Waals surface area contributed by atoms with Gasteiger partial charge in [-0.25, -0.2) is 0 Å². The van der Waals surface area contributed by atoms with Gasteiger partial charge >= 0.3 is 0 Å². The highest BCUT2D eigenvalue weighted by Gasteiger charge is 2.23. The summed E-state index contributed by atoms with van der Waals surface area (Å²) in [5.74, 6) is 0.322. The molecule has 0 amide bonds. The molecule has 0 aromatic heterocycles. The summed E-state index contributed by atoms with van der Waals surface area (Å²) in [6.45, 7) is 7.48. The number of hydrogen-bond acceptors (Lipinski definition) is 3. The fourth-order valence-electron chi connectivity index (χ4n) is 2.18. The molecule has 1 aromatic rings. The van der Waals surface area contributed by atoms with E-state index in [0.29, 0.717) is 11.8 Å². The Morgan fingerprint density at radius 2 is 2.12 bits per heavy atom. The lowest BCUT2D eigenvalue weighted by atomic mass is 9.95. The van der Waals surface area contributed by atoms with Gasteiger partial charge in [0.05, 0.1) is 0 Å². The molecule has 0 spiro atoms. The maximum absolute atomic E-state index is 9.45. The van der Waals surface area contributed by atoms with Crippen LogP contribution in [0.25, 0.3) is 0 Å². The zero-order valence-electron chi connectivity index (χ0n) is 10.2. The number of aromatic hydroxyl groups is 1. The fourth-order valence-corrected chi connectivity index (χ4v) is 2.18. The smallest absolute Gasteiger partial charge is 0.117 e. The van der Waals surface area contributed by atoms with Gasteiger partial charge in [0.1, 0.15) is 5.75 Å². The lowest BCUT2D eigenvalue weighted by Crippen LogP contribution is -2.41. The van der Waals surface area contributed by atoms with E-state index in [1.807, 2.05) is 6.07 Å². The van der Waals surface area contributed by atoms with Crippen molar-refractivity contribution in [2.24, 2.45) is 0 Å².